The third-order valence-corrected chi connectivity index (χ3v) is 3.89. The molecule has 0 saturated heterocycles. The quantitative estimate of drug-likeness (QED) is 0.419. The summed E-state index contributed by atoms with van der Waals surface area (Å²) in [6.07, 6.45) is 3.06. The normalized spacial score (nSPS) is 17.8. The van der Waals surface area contributed by atoms with E-state index in [-0.39, 0.29) is 13.2 Å². The molecule has 0 bridgehead atoms. The Hall–Kier alpha value is -3.10. The number of carbonyl (C=O) groups is 3. The molecule has 1 aliphatic heterocycles. The minimum absolute atomic E-state index is 0.000223. The zero-order chi connectivity index (χ0) is 20.9. The summed E-state index contributed by atoms with van der Waals surface area (Å²) in [5.41, 5.74) is -0.507. The number of hydrogen-bond donors (Lipinski definition) is 1. The largest absolute Gasteiger partial charge is 0.480 e. The lowest BCUT2D eigenvalue weighted by molar-refractivity contribution is -0.714. The van der Waals surface area contributed by atoms with E-state index in [0.29, 0.717) is 0 Å². The predicted octanol–water partition coefficient (Wildman–Crippen LogP) is 1.34. The zero-order valence-electron chi connectivity index (χ0n) is 16.2. The molecular weight excluding hydrogens is 370 g/mol. The predicted molar refractivity (Wildman–Crippen MR) is 93.3 cm³/mol. The number of carbonyl (C=O) groups excluding carboxylic acids is 3. The molecule has 0 radical (unpaired) electrons. The van der Waals surface area contributed by atoms with Crippen molar-refractivity contribution in [2.75, 3.05) is 13.2 Å². The maximum Gasteiger partial charge on any atom is 0.377 e. The summed E-state index contributed by atoms with van der Waals surface area (Å²) in [6, 6.07) is 3.67. The molecule has 1 aromatic heterocycles. The number of ether oxygens (including phenoxy) is 4. The molecule has 152 valence electrons. The van der Waals surface area contributed by atoms with Crippen molar-refractivity contribution in [1.82, 2.24) is 0 Å². The fourth-order valence-corrected chi connectivity index (χ4v) is 2.83. The number of pyridine rings is 1. The van der Waals surface area contributed by atoms with Crippen LogP contribution >= 0.6 is 0 Å². The molecule has 0 saturated carbocycles. The van der Waals surface area contributed by atoms with Crippen molar-refractivity contribution in [3.8, 4) is 0 Å². The van der Waals surface area contributed by atoms with Crippen molar-refractivity contribution < 1.29 is 43.0 Å². The monoisotopic (exact) mass is 394 g/mol. The molecule has 0 spiro atoms. The third kappa shape index (κ3) is 4.59. The Kier molecular flexibility index (Phi) is 6.61. The Morgan fingerprint density at radius 1 is 1.07 bits per heavy atom. The van der Waals surface area contributed by atoms with Gasteiger partial charge < -0.3 is 24.1 Å². The highest BCUT2D eigenvalue weighted by molar-refractivity contribution is 5.98. The SMILES string of the molecule is CCOC(=O)C(C1=C(O)OC(C)(C)OC1=O)C(C(=O)OCC)[n+]1ccccc1. The van der Waals surface area contributed by atoms with Crippen molar-refractivity contribution in [1.29, 1.82) is 0 Å². The van der Waals surface area contributed by atoms with Gasteiger partial charge in [0, 0.05) is 26.0 Å². The second kappa shape index (κ2) is 8.73. The fraction of sp³-hybridized carbons (Fsp3) is 0.474. The number of esters is 3. The number of nitrogens with zero attached hydrogens (tertiary/aromatic N) is 1. The number of aliphatic hydroxyl groups excluding tert-OH is 1. The molecular formula is C19H24NO8+. The minimum Gasteiger partial charge on any atom is -0.480 e. The van der Waals surface area contributed by atoms with E-state index >= 15 is 0 Å². The van der Waals surface area contributed by atoms with E-state index < -0.39 is 47.2 Å². The Morgan fingerprint density at radius 2 is 1.64 bits per heavy atom. The van der Waals surface area contributed by atoms with E-state index in [9.17, 15) is 19.5 Å². The Labute approximate surface area is 162 Å². The van der Waals surface area contributed by atoms with Crippen LogP contribution < -0.4 is 4.57 Å². The van der Waals surface area contributed by atoms with E-state index in [1.165, 1.54) is 30.8 Å². The summed E-state index contributed by atoms with van der Waals surface area (Å²) in [4.78, 5) is 38.1. The molecule has 9 heteroatoms. The molecule has 2 rings (SSSR count). The van der Waals surface area contributed by atoms with E-state index in [2.05, 4.69) is 0 Å². The van der Waals surface area contributed by atoms with Gasteiger partial charge in [-0.3, -0.25) is 4.79 Å². The second-order valence-electron chi connectivity index (χ2n) is 6.36. The first-order chi connectivity index (χ1) is 13.2. The third-order valence-electron chi connectivity index (χ3n) is 3.89. The van der Waals surface area contributed by atoms with Gasteiger partial charge >= 0.3 is 17.9 Å². The molecule has 1 aliphatic rings. The van der Waals surface area contributed by atoms with E-state index in [1.54, 1.807) is 32.0 Å². The summed E-state index contributed by atoms with van der Waals surface area (Å²) < 4.78 is 21.9. The molecule has 2 heterocycles. The van der Waals surface area contributed by atoms with Crippen molar-refractivity contribution in [3.05, 3.63) is 42.1 Å². The van der Waals surface area contributed by atoms with Crippen LogP contribution in [0.5, 0.6) is 0 Å². The fourth-order valence-electron chi connectivity index (χ4n) is 2.83. The van der Waals surface area contributed by atoms with Crippen LogP contribution in [0.15, 0.2) is 42.1 Å². The summed E-state index contributed by atoms with van der Waals surface area (Å²) in [7, 11) is 0. The molecule has 28 heavy (non-hydrogen) atoms. The number of cyclic esters (lactones) is 1. The summed E-state index contributed by atoms with van der Waals surface area (Å²) in [5.74, 6) is -6.45. The van der Waals surface area contributed by atoms with Crippen molar-refractivity contribution in [2.45, 2.75) is 39.5 Å². The number of aliphatic hydroxyl groups is 1. The molecule has 0 aliphatic carbocycles. The lowest BCUT2D eigenvalue weighted by atomic mass is 9.90. The van der Waals surface area contributed by atoms with Gasteiger partial charge in [-0.25, -0.2) is 9.59 Å². The van der Waals surface area contributed by atoms with E-state index in [4.69, 9.17) is 18.9 Å². The van der Waals surface area contributed by atoms with Gasteiger partial charge in [0.2, 0.25) is 0 Å². The highest BCUT2D eigenvalue weighted by atomic mass is 16.8. The van der Waals surface area contributed by atoms with Gasteiger partial charge in [-0.05, 0) is 13.8 Å². The molecule has 0 aromatic carbocycles. The number of rotatable bonds is 7. The summed E-state index contributed by atoms with van der Waals surface area (Å²) in [5, 5.41) is 10.4. The maximum absolute atomic E-state index is 12.8. The summed E-state index contributed by atoms with van der Waals surface area (Å²) >= 11 is 0. The van der Waals surface area contributed by atoms with E-state index in [1.807, 2.05) is 0 Å². The molecule has 2 unspecified atom stereocenters. The lowest BCUT2D eigenvalue weighted by Gasteiger charge is -2.32. The van der Waals surface area contributed by atoms with Crippen LogP contribution in [0.3, 0.4) is 0 Å². The number of aromatic nitrogens is 1. The second-order valence-corrected chi connectivity index (χ2v) is 6.36. The highest BCUT2D eigenvalue weighted by Gasteiger charge is 2.52. The summed E-state index contributed by atoms with van der Waals surface area (Å²) in [6.45, 7) is 6.09. The average molecular weight is 394 g/mol. The van der Waals surface area contributed by atoms with E-state index in [0.717, 1.165) is 0 Å². The van der Waals surface area contributed by atoms with Crippen LogP contribution in [0.2, 0.25) is 0 Å². The lowest BCUT2D eigenvalue weighted by Crippen LogP contribution is -2.53. The van der Waals surface area contributed by atoms with Gasteiger partial charge in [-0.2, -0.15) is 4.57 Å². The molecule has 2 atom stereocenters. The van der Waals surface area contributed by atoms with Crippen LogP contribution in [-0.2, 0) is 33.3 Å². The first-order valence-corrected chi connectivity index (χ1v) is 8.86. The standard InChI is InChI=1S/C19H23NO8/c1-5-25-15(21)12(13-16(22)27-19(3,4)28-17(13)23)14(18(24)26-6-2)20-10-8-7-9-11-20/h7-12,14H,5-6H2,1-4H3/p+1. The Bertz CT molecular complexity index is 771. The van der Waals surface area contributed by atoms with Crippen LogP contribution in [-0.4, -0.2) is 42.0 Å². The first-order valence-electron chi connectivity index (χ1n) is 8.86. The van der Waals surface area contributed by atoms with Gasteiger partial charge in [0.25, 0.3) is 17.8 Å². The zero-order valence-corrected chi connectivity index (χ0v) is 16.2. The van der Waals surface area contributed by atoms with Crippen LogP contribution in [0.1, 0.15) is 33.7 Å². The minimum atomic E-state index is -1.55. The molecule has 1 N–H and O–H groups in total. The molecule has 1 aromatic rings. The maximum atomic E-state index is 12.8. The van der Waals surface area contributed by atoms with Crippen LogP contribution in [0.4, 0.5) is 0 Å². The van der Waals surface area contributed by atoms with Crippen LogP contribution in [0, 0.1) is 5.92 Å². The topological polar surface area (TPSA) is 112 Å². The highest BCUT2D eigenvalue weighted by Crippen LogP contribution is 2.34. The first kappa shape index (κ1) is 21.2. The Balaban J connectivity index is 2.64. The van der Waals surface area contributed by atoms with Crippen molar-refractivity contribution in [2.24, 2.45) is 5.92 Å². The molecule has 0 amide bonds. The average Bonchev–Trinajstić information content (AvgIpc) is 2.60. The van der Waals surface area contributed by atoms with Gasteiger partial charge in [0.05, 0.1) is 13.2 Å². The number of hydrogen-bond acceptors (Lipinski definition) is 8. The van der Waals surface area contributed by atoms with Crippen molar-refractivity contribution in [3.63, 3.8) is 0 Å². The van der Waals surface area contributed by atoms with Gasteiger partial charge in [0.15, 0.2) is 18.3 Å². The van der Waals surface area contributed by atoms with Crippen LogP contribution in [0.25, 0.3) is 0 Å². The van der Waals surface area contributed by atoms with Gasteiger partial charge in [0.1, 0.15) is 5.57 Å². The molecule has 9 nitrogen and oxygen atoms in total. The Morgan fingerprint density at radius 3 is 2.18 bits per heavy atom. The van der Waals surface area contributed by atoms with Crippen molar-refractivity contribution >= 4 is 17.9 Å². The van der Waals surface area contributed by atoms with Gasteiger partial charge in [-0.15, -0.1) is 0 Å². The molecule has 0 fully saturated rings. The smallest absolute Gasteiger partial charge is 0.377 e. The van der Waals surface area contributed by atoms with Gasteiger partial charge in [-0.1, -0.05) is 6.07 Å².